The Balaban J connectivity index is 1.52. The number of ether oxygens (including phenoxy) is 1. The van der Waals surface area contributed by atoms with Gasteiger partial charge >= 0.3 is 0 Å². The second-order valence-electron chi connectivity index (χ2n) is 6.75. The Kier molecular flexibility index (Phi) is 5.45. The molecule has 2 aromatic carbocycles. The molecule has 1 aliphatic carbocycles. The molecule has 1 aliphatic rings. The Morgan fingerprint density at radius 3 is 2.48 bits per heavy atom. The van der Waals surface area contributed by atoms with Gasteiger partial charge in [0.25, 0.3) is 0 Å². The minimum atomic E-state index is -3.50. The van der Waals surface area contributed by atoms with Crippen LogP contribution >= 0.6 is 0 Å². The monoisotopic (exact) mass is 359 g/mol. The van der Waals surface area contributed by atoms with Crippen molar-refractivity contribution in [3.63, 3.8) is 0 Å². The lowest BCUT2D eigenvalue weighted by Gasteiger charge is -2.11. The first-order valence-electron chi connectivity index (χ1n) is 8.80. The molecule has 4 nitrogen and oxygen atoms in total. The van der Waals surface area contributed by atoms with Crippen LogP contribution in [0.1, 0.15) is 42.9 Å². The van der Waals surface area contributed by atoms with Crippen molar-refractivity contribution in [3.8, 4) is 5.75 Å². The van der Waals surface area contributed by atoms with Gasteiger partial charge in [0.05, 0.1) is 4.90 Å². The number of sulfonamides is 1. The Morgan fingerprint density at radius 1 is 1.04 bits per heavy atom. The van der Waals surface area contributed by atoms with E-state index < -0.39 is 10.0 Å². The van der Waals surface area contributed by atoms with Gasteiger partial charge < -0.3 is 4.74 Å². The maximum absolute atomic E-state index is 12.3. The maximum atomic E-state index is 12.3. The molecule has 134 valence electrons. The lowest BCUT2D eigenvalue weighted by molar-refractivity contribution is 0.322. The molecule has 25 heavy (non-hydrogen) atoms. The molecule has 0 saturated carbocycles. The van der Waals surface area contributed by atoms with E-state index in [1.54, 1.807) is 12.1 Å². The molecule has 3 rings (SSSR count). The number of fused-ring (bicyclic) bond motifs is 1. The highest BCUT2D eigenvalue weighted by Gasteiger charge is 2.14. The van der Waals surface area contributed by atoms with Gasteiger partial charge in [-0.3, -0.25) is 0 Å². The van der Waals surface area contributed by atoms with E-state index in [0.29, 0.717) is 12.5 Å². The summed E-state index contributed by atoms with van der Waals surface area (Å²) in [5, 5.41) is 0. The Hall–Kier alpha value is -1.85. The first-order chi connectivity index (χ1) is 12.0. The smallest absolute Gasteiger partial charge is 0.240 e. The number of aryl methyl sites for hydroxylation is 2. The fourth-order valence-electron chi connectivity index (χ4n) is 3.10. The summed E-state index contributed by atoms with van der Waals surface area (Å²) in [6.45, 7) is 4.71. The number of rotatable bonds is 7. The molecule has 0 heterocycles. The molecule has 0 bridgehead atoms. The molecule has 0 unspecified atom stereocenters. The molecule has 0 aromatic heterocycles. The quantitative estimate of drug-likeness (QED) is 0.768. The van der Waals surface area contributed by atoms with Crippen molar-refractivity contribution in [2.45, 2.75) is 43.9 Å². The van der Waals surface area contributed by atoms with E-state index in [1.165, 1.54) is 17.5 Å². The predicted molar refractivity (Wildman–Crippen MR) is 99.7 cm³/mol. The molecule has 0 amide bonds. The third-order valence-corrected chi connectivity index (χ3v) is 6.07. The van der Waals surface area contributed by atoms with Crippen molar-refractivity contribution in [3.05, 3.63) is 59.2 Å². The molecule has 2 aromatic rings. The van der Waals surface area contributed by atoms with Gasteiger partial charge in [0.2, 0.25) is 10.0 Å². The Morgan fingerprint density at radius 2 is 1.76 bits per heavy atom. The lowest BCUT2D eigenvalue weighted by Crippen LogP contribution is -2.28. The lowest BCUT2D eigenvalue weighted by atomic mass is 10.0. The van der Waals surface area contributed by atoms with Crippen LogP contribution in [0.2, 0.25) is 0 Å². The van der Waals surface area contributed by atoms with Crippen molar-refractivity contribution >= 4 is 10.0 Å². The van der Waals surface area contributed by atoms with Crippen LogP contribution in [0.5, 0.6) is 5.75 Å². The number of hydrogen-bond donors (Lipinski definition) is 1. The van der Waals surface area contributed by atoms with Gasteiger partial charge in [0, 0.05) is 6.54 Å². The van der Waals surface area contributed by atoms with Crippen LogP contribution in [0.3, 0.4) is 0 Å². The molecule has 0 aliphatic heterocycles. The molecule has 1 N–H and O–H groups in total. The van der Waals surface area contributed by atoms with Crippen LogP contribution in [0.25, 0.3) is 0 Å². The van der Waals surface area contributed by atoms with Crippen LogP contribution in [-0.2, 0) is 22.9 Å². The van der Waals surface area contributed by atoms with E-state index in [4.69, 9.17) is 4.74 Å². The average Bonchev–Trinajstić information content (AvgIpc) is 3.06. The van der Waals surface area contributed by atoms with Gasteiger partial charge in [-0.1, -0.05) is 32.0 Å². The van der Waals surface area contributed by atoms with Crippen molar-refractivity contribution in [2.24, 2.45) is 0 Å². The zero-order chi connectivity index (χ0) is 17.9. The van der Waals surface area contributed by atoms with Crippen LogP contribution < -0.4 is 9.46 Å². The molecule has 0 radical (unpaired) electrons. The van der Waals surface area contributed by atoms with Crippen LogP contribution in [0.4, 0.5) is 0 Å². The minimum Gasteiger partial charge on any atom is -0.492 e. The van der Waals surface area contributed by atoms with Gasteiger partial charge in [-0.2, -0.15) is 0 Å². The third-order valence-electron chi connectivity index (χ3n) is 4.59. The summed E-state index contributed by atoms with van der Waals surface area (Å²) in [7, 11) is -3.50. The average molecular weight is 359 g/mol. The van der Waals surface area contributed by atoms with Gasteiger partial charge in [0.1, 0.15) is 12.4 Å². The van der Waals surface area contributed by atoms with Gasteiger partial charge in [-0.25, -0.2) is 13.1 Å². The summed E-state index contributed by atoms with van der Waals surface area (Å²) in [5.74, 6) is 1.19. The van der Waals surface area contributed by atoms with Crippen molar-refractivity contribution in [1.82, 2.24) is 4.72 Å². The van der Waals surface area contributed by atoms with E-state index >= 15 is 0 Å². The molecular weight excluding hydrogens is 334 g/mol. The second-order valence-corrected chi connectivity index (χ2v) is 8.52. The summed E-state index contributed by atoms with van der Waals surface area (Å²) in [5.41, 5.74) is 3.88. The van der Waals surface area contributed by atoms with Crippen LogP contribution in [0, 0.1) is 0 Å². The van der Waals surface area contributed by atoms with E-state index in [0.717, 1.165) is 24.2 Å². The molecule has 0 fully saturated rings. The highest BCUT2D eigenvalue weighted by molar-refractivity contribution is 7.89. The largest absolute Gasteiger partial charge is 0.492 e. The molecule has 5 heteroatoms. The first-order valence-corrected chi connectivity index (χ1v) is 10.3. The molecule has 0 spiro atoms. The normalized spacial score (nSPS) is 13.9. The summed E-state index contributed by atoms with van der Waals surface area (Å²) < 4.78 is 32.9. The number of benzene rings is 2. The summed E-state index contributed by atoms with van der Waals surface area (Å²) in [4.78, 5) is 0.287. The fraction of sp³-hybridized carbons (Fsp3) is 0.400. The van der Waals surface area contributed by atoms with E-state index in [1.807, 2.05) is 18.2 Å². The molecular formula is C20H25NO3S. The fourth-order valence-corrected chi connectivity index (χ4v) is 4.11. The first kappa shape index (κ1) is 18.0. The predicted octanol–water partition coefficient (Wildman–Crippen LogP) is 3.66. The minimum absolute atomic E-state index is 0.241. The van der Waals surface area contributed by atoms with Gasteiger partial charge in [-0.15, -0.1) is 0 Å². The zero-order valence-electron chi connectivity index (χ0n) is 14.8. The van der Waals surface area contributed by atoms with Gasteiger partial charge in [-0.05, 0) is 66.1 Å². The maximum Gasteiger partial charge on any atom is 0.240 e. The summed E-state index contributed by atoms with van der Waals surface area (Å²) in [6, 6.07) is 13.2. The third kappa shape index (κ3) is 4.41. The molecule has 0 saturated heterocycles. The summed E-state index contributed by atoms with van der Waals surface area (Å²) >= 11 is 0. The zero-order valence-corrected chi connectivity index (χ0v) is 15.6. The Labute approximate surface area is 150 Å². The summed E-state index contributed by atoms with van der Waals surface area (Å²) in [6.07, 6.45) is 3.45. The van der Waals surface area contributed by atoms with Crippen molar-refractivity contribution in [1.29, 1.82) is 0 Å². The number of hydrogen-bond acceptors (Lipinski definition) is 3. The van der Waals surface area contributed by atoms with Crippen LogP contribution in [-0.4, -0.2) is 21.6 Å². The second kappa shape index (κ2) is 7.58. The van der Waals surface area contributed by atoms with Crippen LogP contribution in [0.15, 0.2) is 47.4 Å². The topological polar surface area (TPSA) is 55.4 Å². The van der Waals surface area contributed by atoms with Gasteiger partial charge in [0.15, 0.2) is 0 Å². The van der Waals surface area contributed by atoms with E-state index in [9.17, 15) is 8.42 Å². The van der Waals surface area contributed by atoms with E-state index in [-0.39, 0.29) is 11.4 Å². The van der Waals surface area contributed by atoms with E-state index in [2.05, 4.69) is 30.7 Å². The Bertz CT molecular complexity index is 827. The highest BCUT2D eigenvalue weighted by Crippen LogP contribution is 2.26. The van der Waals surface area contributed by atoms with Crippen molar-refractivity contribution in [2.75, 3.05) is 13.2 Å². The van der Waals surface area contributed by atoms with Crippen molar-refractivity contribution < 1.29 is 13.2 Å². The molecule has 0 atom stereocenters. The standard InChI is InChI=1S/C20H25NO3S/c1-15(2)16-7-10-20(11-8-16)25(22,23)21-12-13-24-19-9-6-17-4-3-5-18(17)14-19/h6-11,14-15,21H,3-5,12-13H2,1-2H3. The SMILES string of the molecule is CC(C)c1ccc(S(=O)(=O)NCCOc2ccc3c(c2)CCC3)cc1. The number of nitrogens with one attached hydrogen (secondary N) is 1. The highest BCUT2D eigenvalue weighted by atomic mass is 32.2.